The second-order valence-corrected chi connectivity index (χ2v) is 6.24. The summed E-state index contributed by atoms with van der Waals surface area (Å²) < 4.78 is 11.2. The Morgan fingerprint density at radius 2 is 2.04 bits per heavy atom. The zero-order valence-corrected chi connectivity index (χ0v) is 14.5. The van der Waals surface area contributed by atoms with Crippen molar-refractivity contribution < 1.29 is 14.3 Å². The molecule has 1 saturated heterocycles. The van der Waals surface area contributed by atoms with E-state index < -0.39 is 0 Å². The maximum Gasteiger partial charge on any atom is 0.243 e. The Hall–Kier alpha value is -2.53. The second kappa shape index (κ2) is 8.53. The van der Waals surface area contributed by atoms with E-state index in [-0.39, 0.29) is 18.6 Å². The highest BCUT2D eigenvalue weighted by Gasteiger charge is 2.15. The molecule has 25 heavy (non-hydrogen) atoms. The van der Waals surface area contributed by atoms with E-state index in [1.165, 1.54) is 0 Å². The van der Waals surface area contributed by atoms with Crippen LogP contribution < -0.4 is 15.4 Å². The van der Waals surface area contributed by atoms with Crippen LogP contribution in [0.15, 0.2) is 48.5 Å². The first kappa shape index (κ1) is 17.3. The smallest absolute Gasteiger partial charge is 0.243 e. The highest BCUT2D eigenvalue weighted by atomic mass is 16.5. The molecule has 1 amide bonds. The maximum absolute atomic E-state index is 12.0. The van der Waals surface area contributed by atoms with Gasteiger partial charge in [-0.1, -0.05) is 12.1 Å². The van der Waals surface area contributed by atoms with Crippen LogP contribution in [0.25, 0.3) is 0 Å². The summed E-state index contributed by atoms with van der Waals surface area (Å²) in [4.78, 5) is 12.0. The fraction of sp³-hybridized carbons (Fsp3) is 0.350. The molecule has 2 N–H and O–H groups in total. The Bertz CT molecular complexity index is 694. The van der Waals surface area contributed by atoms with E-state index >= 15 is 0 Å². The van der Waals surface area contributed by atoms with Crippen LogP contribution in [0, 0.1) is 6.92 Å². The van der Waals surface area contributed by atoms with Gasteiger partial charge in [0.1, 0.15) is 12.4 Å². The largest absolute Gasteiger partial charge is 0.491 e. The molecule has 1 heterocycles. The van der Waals surface area contributed by atoms with Crippen LogP contribution in [-0.4, -0.2) is 31.8 Å². The van der Waals surface area contributed by atoms with Crippen molar-refractivity contribution in [2.45, 2.75) is 25.9 Å². The van der Waals surface area contributed by atoms with E-state index in [2.05, 4.69) is 10.6 Å². The predicted octanol–water partition coefficient (Wildman–Crippen LogP) is 3.60. The molecule has 1 aliphatic rings. The molecule has 2 aromatic rings. The topological polar surface area (TPSA) is 59.6 Å². The molecule has 1 fully saturated rings. The summed E-state index contributed by atoms with van der Waals surface area (Å²) in [6.07, 6.45) is 2.37. The Morgan fingerprint density at radius 1 is 1.20 bits per heavy atom. The monoisotopic (exact) mass is 340 g/mol. The van der Waals surface area contributed by atoms with Crippen molar-refractivity contribution in [1.29, 1.82) is 0 Å². The number of anilines is 2. The van der Waals surface area contributed by atoms with E-state index in [1.54, 1.807) is 0 Å². The van der Waals surface area contributed by atoms with Gasteiger partial charge in [0.05, 0.1) is 12.6 Å². The van der Waals surface area contributed by atoms with Gasteiger partial charge < -0.3 is 20.1 Å². The Kier molecular flexibility index (Phi) is 5.90. The van der Waals surface area contributed by atoms with Gasteiger partial charge in [-0.25, -0.2) is 0 Å². The van der Waals surface area contributed by atoms with Crippen molar-refractivity contribution in [3.8, 4) is 5.75 Å². The van der Waals surface area contributed by atoms with E-state index in [9.17, 15) is 4.79 Å². The van der Waals surface area contributed by atoms with E-state index in [0.717, 1.165) is 42.1 Å². The second-order valence-electron chi connectivity index (χ2n) is 6.24. The molecule has 3 rings (SSSR count). The summed E-state index contributed by atoms with van der Waals surface area (Å²) in [5.74, 6) is 0.695. The van der Waals surface area contributed by atoms with Crippen LogP contribution in [0.5, 0.6) is 5.75 Å². The van der Waals surface area contributed by atoms with Crippen LogP contribution in [0.4, 0.5) is 11.4 Å². The molecule has 0 aliphatic carbocycles. The number of nitrogens with one attached hydrogen (secondary N) is 2. The van der Waals surface area contributed by atoms with E-state index in [0.29, 0.717) is 6.61 Å². The van der Waals surface area contributed by atoms with Gasteiger partial charge in [0.15, 0.2) is 0 Å². The minimum absolute atomic E-state index is 0.0884. The van der Waals surface area contributed by atoms with E-state index in [4.69, 9.17) is 9.47 Å². The van der Waals surface area contributed by atoms with Gasteiger partial charge in [-0.05, 0) is 61.7 Å². The Labute approximate surface area is 148 Å². The molecule has 0 radical (unpaired) electrons. The highest BCUT2D eigenvalue weighted by molar-refractivity contribution is 5.93. The number of benzene rings is 2. The standard InChI is InChI=1S/C20H24N2O3/c1-15-4-2-5-17(12-15)21-13-20(23)22-16-7-9-18(10-8-16)25-14-19-6-3-11-24-19/h2,4-5,7-10,12,19,21H,3,6,11,13-14H2,1H3,(H,22,23). The van der Waals surface area contributed by atoms with Crippen molar-refractivity contribution in [3.05, 3.63) is 54.1 Å². The molecule has 0 spiro atoms. The van der Waals surface area contributed by atoms with Gasteiger partial charge in [0.2, 0.25) is 5.91 Å². The molecule has 1 aliphatic heterocycles. The van der Waals surface area contributed by atoms with Crippen molar-refractivity contribution >= 4 is 17.3 Å². The van der Waals surface area contributed by atoms with Crippen LogP contribution in [-0.2, 0) is 9.53 Å². The Balaban J connectivity index is 1.43. The summed E-state index contributed by atoms with van der Waals surface area (Å²) >= 11 is 0. The molecule has 1 atom stereocenters. The Morgan fingerprint density at radius 3 is 2.76 bits per heavy atom. The number of amides is 1. The third-order valence-corrected chi connectivity index (χ3v) is 4.07. The number of hydrogen-bond donors (Lipinski definition) is 2. The number of aryl methyl sites for hydroxylation is 1. The third-order valence-electron chi connectivity index (χ3n) is 4.07. The van der Waals surface area contributed by atoms with Crippen molar-refractivity contribution in [2.24, 2.45) is 0 Å². The highest BCUT2D eigenvalue weighted by Crippen LogP contribution is 2.18. The van der Waals surface area contributed by atoms with Crippen molar-refractivity contribution in [1.82, 2.24) is 0 Å². The fourth-order valence-corrected chi connectivity index (χ4v) is 2.74. The summed E-state index contributed by atoms with van der Waals surface area (Å²) in [6.45, 7) is 3.65. The molecule has 2 aromatic carbocycles. The molecule has 0 aromatic heterocycles. The predicted molar refractivity (Wildman–Crippen MR) is 99.2 cm³/mol. The van der Waals surface area contributed by atoms with Crippen molar-refractivity contribution in [2.75, 3.05) is 30.4 Å². The lowest BCUT2D eigenvalue weighted by Gasteiger charge is -2.12. The maximum atomic E-state index is 12.0. The number of ether oxygens (including phenoxy) is 2. The third kappa shape index (κ3) is 5.50. The average Bonchev–Trinajstić information content (AvgIpc) is 3.13. The molecule has 132 valence electrons. The molecule has 0 saturated carbocycles. The van der Waals surface area contributed by atoms with E-state index in [1.807, 2.05) is 55.5 Å². The van der Waals surface area contributed by atoms with Crippen molar-refractivity contribution in [3.63, 3.8) is 0 Å². The quantitative estimate of drug-likeness (QED) is 0.808. The minimum atomic E-state index is -0.0884. The first-order valence-electron chi connectivity index (χ1n) is 8.64. The SMILES string of the molecule is Cc1cccc(NCC(=O)Nc2ccc(OCC3CCCO3)cc2)c1. The molecule has 1 unspecified atom stereocenters. The summed E-state index contributed by atoms with van der Waals surface area (Å²) in [5, 5.41) is 5.99. The molecule has 0 bridgehead atoms. The summed E-state index contributed by atoms with van der Waals surface area (Å²) in [6, 6.07) is 15.3. The van der Waals surface area contributed by atoms with Crippen LogP contribution in [0.1, 0.15) is 18.4 Å². The number of rotatable bonds is 7. The first-order chi connectivity index (χ1) is 12.2. The van der Waals surface area contributed by atoms with Gasteiger partial charge in [0, 0.05) is 18.0 Å². The molecular weight excluding hydrogens is 316 g/mol. The average molecular weight is 340 g/mol. The van der Waals surface area contributed by atoms with Gasteiger partial charge in [-0.15, -0.1) is 0 Å². The van der Waals surface area contributed by atoms with Crippen LogP contribution >= 0.6 is 0 Å². The van der Waals surface area contributed by atoms with Crippen LogP contribution in [0.2, 0.25) is 0 Å². The lowest BCUT2D eigenvalue weighted by molar-refractivity contribution is -0.114. The van der Waals surface area contributed by atoms with Gasteiger partial charge >= 0.3 is 0 Å². The number of hydrogen-bond acceptors (Lipinski definition) is 4. The normalized spacial score (nSPS) is 16.4. The van der Waals surface area contributed by atoms with Gasteiger partial charge in [0.25, 0.3) is 0 Å². The zero-order chi connectivity index (χ0) is 17.5. The fourth-order valence-electron chi connectivity index (χ4n) is 2.74. The first-order valence-corrected chi connectivity index (χ1v) is 8.64. The lowest BCUT2D eigenvalue weighted by atomic mass is 10.2. The molecular formula is C20H24N2O3. The lowest BCUT2D eigenvalue weighted by Crippen LogP contribution is -2.21. The minimum Gasteiger partial charge on any atom is -0.491 e. The van der Waals surface area contributed by atoms with Gasteiger partial charge in [-0.2, -0.15) is 0 Å². The molecule has 5 nitrogen and oxygen atoms in total. The number of carbonyl (C=O) groups is 1. The molecule has 5 heteroatoms. The zero-order valence-electron chi connectivity index (χ0n) is 14.5. The van der Waals surface area contributed by atoms with Gasteiger partial charge in [-0.3, -0.25) is 4.79 Å². The van der Waals surface area contributed by atoms with Crippen LogP contribution in [0.3, 0.4) is 0 Å². The summed E-state index contributed by atoms with van der Waals surface area (Å²) in [7, 11) is 0. The summed E-state index contributed by atoms with van der Waals surface area (Å²) in [5.41, 5.74) is 2.84. The number of carbonyl (C=O) groups excluding carboxylic acids is 1.